The van der Waals surface area contributed by atoms with Crippen molar-refractivity contribution in [2.24, 2.45) is 0 Å². The summed E-state index contributed by atoms with van der Waals surface area (Å²) in [5.74, 6) is -39.3. The number of carbonyl (C=O) groups excluding carboxylic acids is 1. The molecule has 1 heterocycles. The fourth-order valence-electron chi connectivity index (χ4n) is 3.74. The Balaban J connectivity index is 1.80. The average molecular weight is 510 g/mol. The highest BCUT2D eigenvalue weighted by Crippen LogP contribution is 2.69. The van der Waals surface area contributed by atoms with Crippen molar-refractivity contribution in [1.29, 1.82) is 0 Å². The summed E-state index contributed by atoms with van der Waals surface area (Å²) in [6, 6.07) is 8.84. The Morgan fingerprint density at radius 1 is 0.706 bits per heavy atom. The van der Waals surface area contributed by atoms with Gasteiger partial charge in [-0.2, -0.15) is 43.9 Å². The van der Waals surface area contributed by atoms with E-state index in [-0.39, 0.29) is 24.5 Å². The van der Waals surface area contributed by atoms with Gasteiger partial charge in [0.1, 0.15) is 0 Å². The molecule has 3 rings (SSSR count). The molecule has 2 fully saturated rings. The van der Waals surface area contributed by atoms with Crippen molar-refractivity contribution in [3.05, 3.63) is 42.0 Å². The highest BCUT2D eigenvalue weighted by Gasteiger charge is 3.03. The van der Waals surface area contributed by atoms with Crippen LogP contribution in [0.25, 0.3) is 6.08 Å². The molecular formula is C20H17F11N2O. The number of rotatable bonds is 4. The van der Waals surface area contributed by atoms with E-state index in [2.05, 4.69) is 0 Å². The molecular weight excluding hydrogens is 493 g/mol. The largest absolute Gasteiger partial charge is 0.384 e. The number of hydrogen-bond donors (Lipinski definition) is 0. The van der Waals surface area contributed by atoms with E-state index in [0.29, 0.717) is 0 Å². The maximum atomic E-state index is 14.9. The number of amides is 1. The van der Waals surface area contributed by atoms with Crippen LogP contribution in [-0.2, 0) is 4.79 Å². The molecule has 34 heavy (non-hydrogen) atoms. The fourth-order valence-corrected chi connectivity index (χ4v) is 3.74. The van der Waals surface area contributed by atoms with Crippen molar-refractivity contribution in [3.8, 4) is 0 Å². The predicted octanol–water partition coefficient (Wildman–Crippen LogP) is 4.74. The Morgan fingerprint density at radius 2 is 1.15 bits per heavy atom. The number of benzene rings is 1. The minimum absolute atomic E-state index is 0.0746. The van der Waals surface area contributed by atoms with Gasteiger partial charge >= 0.3 is 35.3 Å². The van der Waals surface area contributed by atoms with Crippen LogP contribution in [0.5, 0.6) is 0 Å². The van der Waals surface area contributed by atoms with E-state index in [4.69, 9.17) is 0 Å². The molecule has 190 valence electrons. The van der Waals surface area contributed by atoms with E-state index < -0.39 is 54.3 Å². The highest BCUT2D eigenvalue weighted by atomic mass is 19.4. The van der Waals surface area contributed by atoms with Crippen LogP contribution < -0.4 is 0 Å². The summed E-state index contributed by atoms with van der Waals surface area (Å²) in [5.41, 5.74) is -5.81. The molecule has 0 spiro atoms. The Kier molecular flexibility index (Phi) is 6.24. The van der Waals surface area contributed by atoms with Crippen molar-refractivity contribution in [3.63, 3.8) is 0 Å². The standard InChI is InChI=1S/C20H17F11N2O/c21-15(16(22,23)18(26,27)20(30,31)19(28,29)17(15,24)25)14(34)33-11-9-32(10-12-33)8-4-7-13-5-2-1-3-6-13/h1-7H,8-12H2. The molecule has 2 aliphatic rings. The maximum absolute atomic E-state index is 14.9. The van der Waals surface area contributed by atoms with E-state index in [0.717, 1.165) is 5.56 Å². The van der Waals surface area contributed by atoms with Gasteiger partial charge in [0.2, 0.25) is 0 Å². The predicted molar refractivity (Wildman–Crippen MR) is 97.1 cm³/mol. The molecule has 1 aromatic rings. The molecule has 1 aromatic carbocycles. The summed E-state index contributed by atoms with van der Waals surface area (Å²) in [6.45, 7) is -1.85. The summed E-state index contributed by atoms with van der Waals surface area (Å²) in [6.07, 6.45) is 3.34. The van der Waals surface area contributed by atoms with Crippen LogP contribution >= 0.6 is 0 Å². The lowest BCUT2D eigenvalue weighted by Gasteiger charge is -2.52. The van der Waals surface area contributed by atoms with Crippen LogP contribution in [0.3, 0.4) is 0 Å². The zero-order valence-corrected chi connectivity index (χ0v) is 17.0. The summed E-state index contributed by atoms with van der Waals surface area (Å²) < 4.78 is 152. The molecule has 1 saturated heterocycles. The molecule has 1 saturated carbocycles. The van der Waals surface area contributed by atoms with E-state index >= 15 is 0 Å². The van der Waals surface area contributed by atoms with Gasteiger partial charge in [-0.1, -0.05) is 42.5 Å². The van der Waals surface area contributed by atoms with E-state index in [1.165, 1.54) is 0 Å². The smallest absolute Gasteiger partial charge is 0.337 e. The molecule has 1 aliphatic heterocycles. The molecule has 3 nitrogen and oxygen atoms in total. The number of nitrogens with zero attached hydrogens (tertiary/aromatic N) is 2. The van der Waals surface area contributed by atoms with Gasteiger partial charge in [0.25, 0.3) is 5.91 Å². The minimum atomic E-state index is -7.34. The van der Waals surface area contributed by atoms with E-state index in [1.807, 2.05) is 0 Å². The zero-order chi connectivity index (χ0) is 25.8. The van der Waals surface area contributed by atoms with Crippen molar-refractivity contribution in [1.82, 2.24) is 9.80 Å². The molecule has 0 bridgehead atoms. The summed E-state index contributed by atoms with van der Waals surface area (Å²) in [4.78, 5) is 13.7. The number of alkyl halides is 11. The lowest BCUT2D eigenvalue weighted by Crippen LogP contribution is -2.86. The first-order valence-electron chi connectivity index (χ1n) is 9.78. The van der Waals surface area contributed by atoms with E-state index in [9.17, 15) is 53.1 Å². The maximum Gasteiger partial charge on any atom is 0.384 e. The second kappa shape index (κ2) is 8.09. The second-order valence-electron chi connectivity index (χ2n) is 7.94. The first kappa shape index (κ1) is 26.2. The van der Waals surface area contributed by atoms with Crippen LogP contribution in [0.15, 0.2) is 36.4 Å². The molecule has 0 aromatic heterocycles. The molecule has 0 radical (unpaired) electrons. The Morgan fingerprint density at radius 3 is 1.62 bits per heavy atom. The Hall–Kier alpha value is -2.38. The van der Waals surface area contributed by atoms with Gasteiger partial charge in [0.15, 0.2) is 0 Å². The van der Waals surface area contributed by atoms with Crippen LogP contribution in [0.1, 0.15) is 5.56 Å². The molecule has 14 heteroatoms. The highest BCUT2D eigenvalue weighted by molar-refractivity contribution is 5.89. The third-order valence-electron chi connectivity index (χ3n) is 5.87. The van der Waals surface area contributed by atoms with Gasteiger partial charge < -0.3 is 4.90 Å². The van der Waals surface area contributed by atoms with Crippen LogP contribution in [-0.4, -0.2) is 83.7 Å². The molecule has 1 amide bonds. The van der Waals surface area contributed by atoms with Gasteiger partial charge in [0, 0.05) is 32.7 Å². The van der Waals surface area contributed by atoms with Crippen molar-refractivity contribution < 1.29 is 53.1 Å². The molecule has 0 unspecified atom stereocenters. The SMILES string of the molecule is O=C(N1CCN(CC=Cc2ccccc2)CC1)C1(F)C(F)(F)C(F)(F)C(F)(F)C(F)(F)C1(F)F. The Labute approximate surface area is 185 Å². The van der Waals surface area contributed by atoms with Gasteiger partial charge in [-0.15, -0.1) is 0 Å². The van der Waals surface area contributed by atoms with Crippen molar-refractivity contribution >= 4 is 12.0 Å². The number of carbonyl (C=O) groups is 1. The third kappa shape index (κ3) is 3.31. The zero-order valence-electron chi connectivity index (χ0n) is 17.0. The normalized spacial score (nSPS) is 27.0. The van der Waals surface area contributed by atoms with Gasteiger partial charge in [-0.3, -0.25) is 9.69 Å². The lowest BCUT2D eigenvalue weighted by atomic mass is 9.71. The van der Waals surface area contributed by atoms with Crippen LogP contribution in [0, 0.1) is 0 Å². The monoisotopic (exact) mass is 510 g/mol. The molecule has 0 N–H and O–H groups in total. The summed E-state index contributed by atoms with van der Waals surface area (Å²) in [7, 11) is 0. The van der Waals surface area contributed by atoms with Crippen molar-refractivity contribution in [2.75, 3.05) is 32.7 Å². The number of halogens is 11. The first-order chi connectivity index (χ1) is 15.5. The quantitative estimate of drug-likeness (QED) is 0.547. The van der Waals surface area contributed by atoms with Gasteiger partial charge in [-0.25, -0.2) is 4.39 Å². The third-order valence-corrected chi connectivity index (χ3v) is 5.87. The van der Waals surface area contributed by atoms with Gasteiger partial charge in [-0.05, 0) is 5.56 Å². The number of hydrogen-bond acceptors (Lipinski definition) is 2. The lowest BCUT2D eigenvalue weighted by molar-refractivity contribution is -0.477. The van der Waals surface area contributed by atoms with Crippen LogP contribution in [0.4, 0.5) is 48.3 Å². The first-order valence-corrected chi connectivity index (χ1v) is 9.78. The van der Waals surface area contributed by atoms with E-state index in [1.54, 1.807) is 47.4 Å². The van der Waals surface area contributed by atoms with Crippen LogP contribution in [0.2, 0.25) is 0 Å². The molecule has 1 aliphatic carbocycles. The van der Waals surface area contributed by atoms with Crippen molar-refractivity contribution in [2.45, 2.75) is 35.3 Å². The number of piperazine rings is 1. The summed E-state index contributed by atoms with van der Waals surface area (Å²) in [5, 5.41) is 0. The second-order valence-corrected chi connectivity index (χ2v) is 7.94. The minimum Gasteiger partial charge on any atom is -0.337 e. The fraction of sp³-hybridized carbons (Fsp3) is 0.550. The Bertz CT molecular complexity index is 911. The molecule has 0 atom stereocenters. The topological polar surface area (TPSA) is 23.6 Å². The average Bonchev–Trinajstić information content (AvgIpc) is 2.77. The van der Waals surface area contributed by atoms with Gasteiger partial charge in [0.05, 0.1) is 0 Å². The summed E-state index contributed by atoms with van der Waals surface area (Å²) >= 11 is 0.